The van der Waals surface area contributed by atoms with Crippen LogP contribution in [0.5, 0.6) is 11.5 Å². The molecule has 0 aliphatic rings. The van der Waals surface area contributed by atoms with Crippen molar-refractivity contribution in [1.82, 2.24) is 0 Å². The molecule has 0 spiro atoms. The van der Waals surface area contributed by atoms with Gasteiger partial charge in [0.25, 0.3) is 0 Å². The smallest absolute Gasteiger partial charge is 0.403 e. The van der Waals surface area contributed by atoms with Gasteiger partial charge in [0.2, 0.25) is 0 Å². The number of rotatable bonds is 4. The highest BCUT2D eigenvalue weighted by Crippen LogP contribution is 2.49. The Bertz CT molecular complexity index is 447. The Morgan fingerprint density at radius 2 is 1.29 bits per heavy atom. The summed E-state index contributed by atoms with van der Waals surface area (Å²) in [6.07, 6.45) is -14.3. The molecular formula is C12H12F6O3. The number of alkyl halides is 6. The molecule has 1 atom stereocenters. The Hall–Kier alpha value is -1.64. The van der Waals surface area contributed by atoms with E-state index in [0.29, 0.717) is 0 Å². The van der Waals surface area contributed by atoms with E-state index in [1.54, 1.807) is 0 Å². The van der Waals surface area contributed by atoms with Crippen molar-refractivity contribution in [3.05, 3.63) is 23.8 Å². The van der Waals surface area contributed by atoms with E-state index in [-0.39, 0.29) is 11.5 Å². The maximum Gasteiger partial charge on any atom is 0.403 e. The van der Waals surface area contributed by atoms with E-state index in [1.165, 1.54) is 6.07 Å². The Morgan fingerprint density at radius 1 is 0.905 bits per heavy atom. The van der Waals surface area contributed by atoms with E-state index in [4.69, 9.17) is 9.47 Å². The normalized spacial score (nSPS) is 14.2. The van der Waals surface area contributed by atoms with E-state index in [9.17, 15) is 31.4 Å². The van der Waals surface area contributed by atoms with Gasteiger partial charge in [-0.1, -0.05) is 6.07 Å². The van der Waals surface area contributed by atoms with Crippen LogP contribution < -0.4 is 9.47 Å². The zero-order valence-corrected chi connectivity index (χ0v) is 10.9. The van der Waals surface area contributed by atoms with Gasteiger partial charge in [-0.3, -0.25) is 0 Å². The van der Waals surface area contributed by atoms with Gasteiger partial charge in [-0.2, -0.15) is 26.3 Å². The van der Waals surface area contributed by atoms with Crippen molar-refractivity contribution < 1.29 is 40.9 Å². The molecule has 0 saturated heterocycles. The van der Waals surface area contributed by atoms with Gasteiger partial charge >= 0.3 is 12.4 Å². The summed E-state index contributed by atoms with van der Waals surface area (Å²) < 4.78 is 85.4. The number of hydrogen-bond donors (Lipinski definition) is 1. The van der Waals surface area contributed by atoms with Crippen LogP contribution >= 0.6 is 0 Å². The molecule has 0 aromatic heterocycles. The van der Waals surface area contributed by atoms with Crippen LogP contribution in [-0.4, -0.2) is 31.7 Å². The van der Waals surface area contributed by atoms with Gasteiger partial charge in [0.05, 0.1) is 19.8 Å². The number of ether oxygens (including phenoxy) is 2. The van der Waals surface area contributed by atoms with Crippen molar-refractivity contribution in [1.29, 1.82) is 0 Å². The van der Waals surface area contributed by atoms with Gasteiger partial charge < -0.3 is 14.6 Å². The standard InChI is InChI=1S/C12H12F6O3/c1-20-6-4-3-5-7(21-2)8(6)9(19)10(11(13,14)15)12(16,17)18/h3-5,9-10,19H,1-2H3. The van der Waals surface area contributed by atoms with Crippen molar-refractivity contribution >= 4 is 0 Å². The second-order valence-corrected chi connectivity index (χ2v) is 4.08. The molecule has 21 heavy (non-hydrogen) atoms. The molecule has 0 saturated carbocycles. The average Bonchev–Trinajstić information content (AvgIpc) is 2.33. The average molecular weight is 318 g/mol. The fraction of sp³-hybridized carbons (Fsp3) is 0.500. The third-order valence-electron chi connectivity index (χ3n) is 2.78. The first-order chi connectivity index (χ1) is 9.54. The molecule has 0 amide bonds. The molecule has 1 aromatic rings. The van der Waals surface area contributed by atoms with Crippen LogP contribution in [0.15, 0.2) is 18.2 Å². The summed E-state index contributed by atoms with van der Waals surface area (Å²) in [7, 11) is 2.11. The monoisotopic (exact) mass is 318 g/mol. The van der Waals surface area contributed by atoms with Crippen molar-refractivity contribution in [2.75, 3.05) is 14.2 Å². The zero-order valence-electron chi connectivity index (χ0n) is 10.9. The van der Waals surface area contributed by atoms with E-state index in [1.807, 2.05) is 0 Å². The summed E-state index contributed by atoms with van der Waals surface area (Å²) in [6, 6.07) is 3.57. The molecule has 1 N–H and O–H groups in total. The molecule has 9 heteroatoms. The number of aliphatic hydroxyl groups excluding tert-OH is 1. The highest BCUT2D eigenvalue weighted by molar-refractivity contribution is 5.46. The maximum atomic E-state index is 12.7. The first-order valence-corrected chi connectivity index (χ1v) is 5.56. The van der Waals surface area contributed by atoms with Gasteiger partial charge in [0.15, 0.2) is 5.92 Å². The molecule has 1 unspecified atom stereocenters. The van der Waals surface area contributed by atoms with Gasteiger partial charge in [-0.25, -0.2) is 0 Å². The van der Waals surface area contributed by atoms with Gasteiger partial charge in [0.1, 0.15) is 17.6 Å². The maximum absolute atomic E-state index is 12.7. The predicted octanol–water partition coefficient (Wildman–Crippen LogP) is 3.48. The molecule has 0 bridgehead atoms. The molecule has 1 rings (SSSR count). The van der Waals surface area contributed by atoms with E-state index < -0.39 is 29.9 Å². The third kappa shape index (κ3) is 3.72. The number of hydrogen-bond acceptors (Lipinski definition) is 3. The van der Waals surface area contributed by atoms with E-state index >= 15 is 0 Å². The molecular weight excluding hydrogens is 306 g/mol. The summed E-state index contributed by atoms with van der Waals surface area (Å²) >= 11 is 0. The van der Waals surface area contributed by atoms with Gasteiger partial charge in [0, 0.05) is 0 Å². The lowest BCUT2D eigenvalue weighted by molar-refractivity contribution is -0.307. The molecule has 0 aliphatic carbocycles. The molecule has 0 heterocycles. The SMILES string of the molecule is COc1cccc(OC)c1C(O)C(C(F)(F)F)C(F)(F)F. The van der Waals surface area contributed by atoms with Crippen LogP contribution in [0.2, 0.25) is 0 Å². The molecule has 120 valence electrons. The summed E-state index contributed by atoms with van der Waals surface area (Å²) in [5.74, 6) is -4.61. The first-order valence-electron chi connectivity index (χ1n) is 5.56. The Kier molecular flexibility index (Phi) is 4.98. The Morgan fingerprint density at radius 3 is 1.57 bits per heavy atom. The summed E-state index contributed by atoms with van der Waals surface area (Å²) in [4.78, 5) is 0. The van der Waals surface area contributed by atoms with E-state index in [0.717, 1.165) is 26.4 Å². The van der Waals surface area contributed by atoms with Crippen LogP contribution in [0.25, 0.3) is 0 Å². The fourth-order valence-corrected chi connectivity index (χ4v) is 1.88. The topological polar surface area (TPSA) is 38.7 Å². The van der Waals surface area contributed by atoms with Crippen LogP contribution in [0.3, 0.4) is 0 Å². The predicted molar refractivity (Wildman–Crippen MR) is 60.1 cm³/mol. The van der Waals surface area contributed by atoms with Crippen molar-refractivity contribution in [2.24, 2.45) is 5.92 Å². The fourth-order valence-electron chi connectivity index (χ4n) is 1.88. The molecule has 1 aromatic carbocycles. The summed E-state index contributed by atoms with van der Waals surface area (Å²) in [5, 5.41) is 9.68. The highest BCUT2D eigenvalue weighted by Gasteiger charge is 2.61. The Labute approximate surface area is 116 Å². The van der Waals surface area contributed by atoms with Crippen LogP contribution in [0, 0.1) is 5.92 Å². The molecule has 3 nitrogen and oxygen atoms in total. The number of halogens is 6. The summed E-state index contributed by atoms with van der Waals surface area (Å²) in [5.41, 5.74) is -0.706. The van der Waals surface area contributed by atoms with Crippen molar-refractivity contribution in [3.63, 3.8) is 0 Å². The van der Waals surface area contributed by atoms with Crippen molar-refractivity contribution in [3.8, 4) is 11.5 Å². The van der Waals surface area contributed by atoms with Crippen LogP contribution in [0.1, 0.15) is 11.7 Å². The molecule has 0 fully saturated rings. The van der Waals surface area contributed by atoms with Crippen LogP contribution in [0.4, 0.5) is 26.3 Å². The second-order valence-electron chi connectivity index (χ2n) is 4.08. The number of benzene rings is 1. The minimum Gasteiger partial charge on any atom is -0.496 e. The summed E-state index contributed by atoms with van der Waals surface area (Å²) in [6.45, 7) is 0. The minimum absolute atomic E-state index is 0.333. The number of methoxy groups -OCH3 is 2. The van der Waals surface area contributed by atoms with E-state index in [2.05, 4.69) is 0 Å². The zero-order chi connectivity index (χ0) is 16.4. The highest BCUT2D eigenvalue weighted by atomic mass is 19.4. The lowest BCUT2D eigenvalue weighted by Gasteiger charge is -2.29. The third-order valence-corrected chi connectivity index (χ3v) is 2.78. The lowest BCUT2D eigenvalue weighted by Crippen LogP contribution is -2.41. The minimum atomic E-state index is -5.68. The van der Waals surface area contributed by atoms with Gasteiger partial charge in [-0.05, 0) is 12.1 Å². The lowest BCUT2D eigenvalue weighted by atomic mass is 9.93. The first kappa shape index (κ1) is 17.4. The molecule has 0 aliphatic heterocycles. The van der Waals surface area contributed by atoms with Crippen LogP contribution in [-0.2, 0) is 0 Å². The van der Waals surface area contributed by atoms with Gasteiger partial charge in [-0.15, -0.1) is 0 Å². The number of aliphatic hydroxyl groups is 1. The quantitative estimate of drug-likeness (QED) is 0.864. The second kappa shape index (κ2) is 6.00. The van der Waals surface area contributed by atoms with Crippen molar-refractivity contribution in [2.45, 2.75) is 18.5 Å². The Balaban J connectivity index is 3.43. The largest absolute Gasteiger partial charge is 0.496 e. The molecule has 0 radical (unpaired) electrons.